The maximum absolute atomic E-state index is 5.31. The molecule has 65 valence electrons. The maximum Gasteiger partial charge on any atom is 0.123 e. The molecule has 0 N–H and O–H groups in total. The van der Waals surface area contributed by atoms with Crippen molar-refractivity contribution in [3.8, 4) is 11.5 Å². The number of benzene rings is 1. The monoisotopic (exact) mass is 165 g/mol. The highest BCUT2D eigenvalue weighted by atomic mass is 16.5. The van der Waals surface area contributed by atoms with Gasteiger partial charge in [0.2, 0.25) is 0 Å². The van der Waals surface area contributed by atoms with Gasteiger partial charge in [-0.25, -0.2) is 0 Å². The van der Waals surface area contributed by atoms with E-state index >= 15 is 0 Å². The van der Waals surface area contributed by atoms with E-state index in [4.69, 9.17) is 9.47 Å². The Morgan fingerprint density at radius 1 is 1.25 bits per heavy atom. The van der Waals surface area contributed by atoms with E-state index in [9.17, 15) is 0 Å². The van der Waals surface area contributed by atoms with E-state index in [0.29, 0.717) is 6.61 Å². The zero-order valence-electron chi connectivity index (χ0n) is 7.46. The van der Waals surface area contributed by atoms with Crippen molar-refractivity contribution in [2.24, 2.45) is 0 Å². The zero-order valence-corrected chi connectivity index (χ0v) is 7.46. The number of ether oxygens (including phenoxy) is 2. The minimum Gasteiger partial charge on any atom is -0.497 e. The highest BCUT2D eigenvalue weighted by Gasteiger charge is 1.97. The van der Waals surface area contributed by atoms with Gasteiger partial charge >= 0.3 is 0 Å². The highest BCUT2D eigenvalue weighted by molar-refractivity contribution is 5.39. The van der Waals surface area contributed by atoms with Crippen molar-refractivity contribution in [1.82, 2.24) is 0 Å². The third kappa shape index (κ3) is 2.16. The zero-order chi connectivity index (χ0) is 8.97. The van der Waals surface area contributed by atoms with Gasteiger partial charge in [0.1, 0.15) is 11.5 Å². The molecule has 0 atom stereocenters. The summed E-state index contributed by atoms with van der Waals surface area (Å²) in [4.78, 5) is 0. The van der Waals surface area contributed by atoms with Crippen LogP contribution < -0.4 is 9.47 Å². The fourth-order valence-corrected chi connectivity index (χ4v) is 0.999. The molecular formula is C10H13O2. The van der Waals surface area contributed by atoms with Crippen LogP contribution >= 0.6 is 0 Å². The lowest BCUT2D eigenvalue weighted by Gasteiger charge is -2.06. The van der Waals surface area contributed by atoms with Gasteiger partial charge in [0.05, 0.1) is 13.7 Å². The summed E-state index contributed by atoms with van der Waals surface area (Å²) in [6, 6.07) is 5.59. The Morgan fingerprint density at radius 2 is 1.92 bits per heavy atom. The van der Waals surface area contributed by atoms with E-state index in [1.54, 1.807) is 7.11 Å². The van der Waals surface area contributed by atoms with E-state index in [0.717, 1.165) is 17.1 Å². The first-order valence-electron chi connectivity index (χ1n) is 3.90. The summed E-state index contributed by atoms with van der Waals surface area (Å²) in [6.45, 7) is 6.42. The molecule has 0 aliphatic rings. The summed E-state index contributed by atoms with van der Waals surface area (Å²) in [6.07, 6.45) is 0. The molecule has 0 amide bonds. The summed E-state index contributed by atoms with van der Waals surface area (Å²) in [5, 5.41) is 0. The second-order valence-electron chi connectivity index (χ2n) is 2.45. The quantitative estimate of drug-likeness (QED) is 0.684. The summed E-state index contributed by atoms with van der Waals surface area (Å²) >= 11 is 0. The second kappa shape index (κ2) is 4.00. The van der Waals surface area contributed by atoms with Crippen LogP contribution in [0.2, 0.25) is 0 Å². The molecule has 0 aromatic heterocycles. The molecule has 12 heavy (non-hydrogen) atoms. The van der Waals surface area contributed by atoms with Crippen LogP contribution in [0.5, 0.6) is 11.5 Å². The predicted octanol–water partition coefficient (Wildman–Crippen LogP) is 2.28. The first-order chi connectivity index (χ1) is 5.76. The molecule has 0 aliphatic heterocycles. The van der Waals surface area contributed by atoms with Gasteiger partial charge in [0, 0.05) is 6.07 Å². The van der Waals surface area contributed by atoms with Crippen molar-refractivity contribution < 1.29 is 9.47 Å². The Kier molecular flexibility index (Phi) is 2.97. The largest absolute Gasteiger partial charge is 0.497 e. The van der Waals surface area contributed by atoms with Gasteiger partial charge < -0.3 is 9.47 Å². The molecule has 0 bridgehead atoms. The molecular weight excluding hydrogens is 152 g/mol. The van der Waals surface area contributed by atoms with Crippen LogP contribution in [-0.2, 0) is 0 Å². The van der Waals surface area contributed by atoms with Crippen molar-refractivity contribution in [3.05, 3.63) is 30.7 Å². The van der Waals surface area contributed by atoms with Crippen molar-refractivity contribution in [1.29, 1.82) is 0 Å². The van der Waals surface area contributed by atoms with Crippen LogP contribution in [0, 0.1) is 6.92 Å². The Hall–Kier alpha value is -1.18. The van der Waals surface area contributed by atoms with Crippen LogP contribution in [0.25, 0.3) is 0 Å². The van der Waals surface area contributed by atoms with Gasteiger partial charge in [-0.2, -0.15) is 0 Å². The SMILES string of the molecule is [CH2]c1cc(OC)cc(OCC)c1. The van der Waals surface area contributed by atoms with Gasteiger partial charge in [-0.15, -0.1) is 0 Å². The average molecular weight is 165 g/mol. The van der Waals surface area contributed by atoms with E-state index in [1.165, 1.54) is 0 Å². The fourth-order valence-electron chi connectivity index (χ4n) is 0.999. The lowest BCUT2D eigenvalue weighted by Crippen LogP contribution is -1.92. The van der Waals surface area contributed by atoms with E-state index in [-0.39, 0.29) is 0 Å². The van der Waals surface area contributed by atoms with Crippen molar-refractivity contribution in [3.63, 3.8) is 0 Å². The van der Waals surface area contributed by atoms with Gasteiger partial charge in [0.15, 0.2) is 0 Å². The topological polar surface area (TPSA) is 18.5 Å². The highest BCUT2D eigenvalue weighted by Crippen LogP contribution is 2.21. The van der Waals surface area contributed by atoms with E-state index in [1.807, 2.05) is 25.1 Å². The second-order valence-corrected chi connectivity index (χ2v) is 2.45. The normalized spacial score (nSPS) is 9.58. The summed E-state index contributed by atoms with van der Waals surface area (Å²) in [5.74, 6) is 1.59. The Morgan fingerprint density at radius 3 is 2.50 bits per heavy atom. The average Bonchev–Trinajstić information content (AvgIpc) is 2.04. The lowest BCUT2D eigenvalue weighted by molar-refractivity contribution is 0.336. The smallest absolute Gasteiger partial charge is 0.123 e. The van der Waals surface area contributed by atoms with Crippen LogP contribution in [0.3, 0.4) is 0 Å². The molecule has 2 heteroatoms. The third-order valence-corrected chi connectivity index (χ3v) is 1.49. The molecule has 0 saturated carbocycles. The molecule has 0 aliphatic carbocycles. The number of methoxy groups -OCH3 is 1. The lowest BCUT2D eigenvalue weighted by atomic mass is 10.2. The number of hydrogen-bond donors (Lipinski definition) is 0. The third-order valence-electron chi connectivity index (χ3n) is 1.49. The Labute approximate surface area is 73.1 Å². The van der Waals surface area contributed by atoms with E-state index < -0.39 is 0 Å². The van der Waals surface area contributed by atoms with Crippen LogP contribution in [-0.4, -0.2) is 13.7 Å². The molecule has 0 saturated heterocycles. The summed E-state index contributed by atoms with van der Waals surface area (Å²) in [5.41, 5.74) is 0.901. The van der Waals surface area contributed by atoms with E-state index in [2.05, 4.69) is 6.92 Å². The molecule has 0 spiro atoms. The summed E-state index contributed by atoms with van der Waals surface area (Å²) < 4.78 is 10.4. The molecule has 2 nitrogen and oxygen atoms in total. The van der Waals surface area contributed by atoms with Gasteiger partial charge in [-0.05, 0) is 31.5 Å². The fraction of sp³-hybridized carbons (Fsp3) is 0.300. The first kappa shape index (κ1) is 8.91. The molecule has 0 fully saturated rings. The Balaban J connectivity index is 2.90. The predicted molar refractivity (Wildman–Crippen MR) is 48.6 cm³/mol. The van der Waals surface area contributed by atoms with Crippen molar-refractivity contribution in [2.45, 2.75) is 6.92 Å². The van der Waals surface area contributed by atoms with Gasteiger partial charge in [-0.1, -0.05) is 0 Å². The molecule has 0 heterocycles. The molecule has 1 aromatic rings. The van der Waals surface area contributed by atoms with Crippen molar-refractivity contribution >= 4 is 0 Å². The molecule has 1 aromatic carbocycles. The Bertz CT molecular complexity index is 256. The molecule has 1 rings (SSSR count). The van der Waals surface area contributed by atoms with Crippen LogP contribution in [0.15, 0.2) is 18.2 Å². The van der Waals surface area contributed by atoms with Gasteiger partial charge in [0.25, 0.3) is 0 Å². The van der Waals surface area contributed by atoms with Crippen molar-refractivity contribution in [2.75, 3.05) is 13.7 Å². The minimum atomic E-state index is 0.659. The number of hydrogen-bond acceptors (Lipinski definition) is 2. The van der Waals surface area contributed by atoms with Crippen LogP contribution in [0.1, 0.15) is 12.5 Å². The first-order valence-corrected chi connectivity index (χ1v) is 3.90. The van der Waals surface area contributed by atoms with Crippen LogP contribution in [0.4, 0.5) is 0 Å². The van der Waals surface area contributed by atoms with Gasteiger partial charge in [-0.3, -0.25) is 0 Å². The minimum absolute atomic E-state index is 0.659. The molecule has 0 unspecified atom stereocenters. The standard InChI is InChI=1S/C10H13O2/c1-4-12-10-6-8(2)5-9(7-10)11-3/h5-7H,2,4H2,1,3H3. The molecule has 1 radical (unpaired) electrons. The summed E-state index contributed by atoms with van der Waals surface area (Å²) in [7, 11) is 1.63. The maximum atomic E-state index is 5.31. The number of rotatable bonds is 3.